The normalized spacial score (nSPS) is 28.4. The van der Waals surface area contributed by atoms with Crippen molar-refractivity contribution in [3.05, 3.63) is 0 Å². The van der Waals surface area contributed by atoms with Crippen molar-refractivity contribution in [1.29, 1.82) is 0 Å². The van der Waals surface area contributed by atoms with E-state index in [4.69, 9.17) is 0 Å². The predicted octanol–water partition coefficient (Wildman–Crippen LogP) is 2.19. The van der Waals surface area contributed by atoms with Gasteiger partial charge >= 0.3 is 0 Å². The molecule has 17 heavy (non-hydrogen) atoms. The molecule has 0 radical (unpaired) electrons. The van der Waals surface area contributed by atoms with Crippen molar-refractivity contribution in [2.45, 2.75) is 51.9 Å². The Labute approximate surface area is 104 Å². The molecule has 2 fully saturated rings. The summed E-state index contributed by atoms with van der Waals surface area (Å²) in [5, 5.41) is 9.24. The number of nitrogens with zero attached hydrogens (tertiary/aromatic N) is 1. The fraction of sp³-hybridized carbons (Fsp3) is 0.929. The Morgan fingerprint density at radius 2 is 2.06 bits per heavy atom. The lowest BCUT2D eigenvalue weighted by atomic mass is 9.81. The minimum atomic E-state index is -0.0582. The van der Waals surface area contributed by atoms with Gasteiger partial charge in [0, 0.05) is 25.1 Å². The van der Waals surface area contributed by atoms with E-state index in [9.17, 15) is 9.90 Å². The summed E-state index contributed by atoms with van der Waals surface area (Å²) >= 11 is 0. The summed E-state index contributed by atoms with van der Waals surface area (Å²) in [5.74, 6) is 0.679. The summed E-state index contributed by atoms with van der Waals surface area (Å²) in [6, 6.07) is 0. The fourth-order valence-corrected chi connectivity index (χ4v) is 3.50. The molecule has 2 rings (SSSR count). The molecular weight excluding hydrogens is 214 g/mol. The number of hydrogen-bond donors (Lipinski definition) is 1. The van der Waals surface area contributed by atoms with Crippen LogP contribution >= 0.6 is 0 Å². The molecule has 0 aromatic carbocycles. The van der Waals surface area contributed by atoms with E-state index >= 15 is 0 Å². The lowest BCUT2D eigenvalue weighted by molar-refractivity contribution is -0.144. The van der Waals surface area contributed by atoms with E-state index < -0.39 is 0 Å². The zero-order chi connectivity index (χ0) is 12.3. The molecule has 1 amide bonds. The molecule has 3 heteroatoms. The van der Waals surface area contributed by atoms with Crippen LogP contribution in [-0.2, 0) is 4.79 Å². The maximum Gasteiger partial charge on any atom is 0.228 e. The summed E-state index contributed by atoms with van der Waals surface area (Å²) < 4.78 is 0. The van der Waals surface area contributed by atoms with Gasteiger partial charge in [-0.2, -0.15) is 0 Å². The number of hydrogen-bond acceptors (Lipinski definition) is 2. The van der Waals surface area contributed by atoms with Crippen LogP contribution in [0.15, 0.2) is 0 Å². The Morgan fingerprint density at radius 3 is 2.65 bits per heavy atom. The van der Waals surface area contributed by atoms with Crippen LogP contribution in [0, 0.1) is 11.3 Å². The summed E-state index contributed by atoms with van der Waals surface area (Å²) in [4.78, 5) is 14.7. The minimum Gasteiger partial charge on any atom is -0.396 e. The zero-order valence-electron chi connectivity index (χ0n) is 11.0. The van der Waals surface area contributed by atoms with Crippen LogP contribution in [0.3, 0.4) is 0 Å². The number of aliphatic hydroxyl groups excluding tert-OH is 1. The van der Waals surface area contributed by atoms with Crippen molar-refractivity contribution in [3.63, 3.8) is 0 Å². The molecule has 0 aromatic heterocycles. The third-order valence-corrected chi connectivity index (χ3v) is 4.76. The van der Waals surface area contributed by atoms with Gasteiger partial charge in [0.2, 0.25) is 5.91 Å². The average Bonchev–Trinajstić information content (AvgIpc) is 2.88. The van der Waals surface area contributed by atoms with Crippen molar-refractivity contribution in [3.8, 4) is 0 Å². The molecule has 2 aliphatic rings. The van der Waals surface area contributed by atoms with Gasteiger partial charge in [-0.25, -0.2) is 0 Å². The van der Waals surface area contributed by atoms with E-state index in [-0.39, 0.29) is 12.0 Å². The number of carbonyl (C=O) groups is 1. The monoisotopic (exact) mass is 239 g/mol. The highest BCUT2D eigenvalue weighted by atomic mass is 16.3. The van der Waals surface area contributed by atoms with Crippen molar-refractivity contribution in [2.75, 3.05) is 19.7 Å². The van der Waals surface area contributed by atoms with E-state index in [2.05, 4.69) is 6.92 Å². The maximum atomic E-state index is 12.7. The minimum absolute atomic E-state index is 0.0582. The first-order valence-electron chi connectivity index (χ1n) is 7.12. The first-order chi connectivity index (χ1) is 8.22. The van der Waals surface area contributed by atoms with E-state index in [1.54, 1.807) is 0 Å². The molecule has 1 N–H and O–H groups in total. The van der Waals surface area contributed by atoms with Crippen LogP contribution in [0.4, 0.5) is 0 Å². The highest BCUT2D eigenvalue weighted by Crippen LogP contribution is 2.43. The Hall–Kier alpha value is -0.570. The van der Waals surface area contributed by atoms with Gasteiger partial charge in [-0.1, -0.05) is 19.8 Å². The number of carbonyl (C=O) groups excluding carboxylic acids is 1. The van der Waals surface area contributed by atoms with E-state index in [1.165, 1.54) is 12.8 Å². The van der Waals surface area contributed by atoms with E-state index in [0.717, 1.165) is 45.2 Å². The molecule has 98 valence electrons. The SMILES string of the molecule is CCC1(C(=O)N2CCCC(CO)C2)CCCC1. The van der Waals surface area contributed by atoms with E-state index in [1.807, 2.05) is 4.90 Å². The zero-order valence-corrected chi connectivity index (χ0v) is 11.0. The first-order valence-corrected chi connectivity index (χ1v) is 7.12. The van der Waals surface area contributed by atoms with Gasteiger partial charge in [-0.3, -0.25) is 4.79 Å². The highest BCUT2D eigenvalue weighted by Gasteiger charge is 2.42. The van der Waals surface area contributed by atoms with Gasteiger partial charge in [0.1, 0.15) is 0 Å². The Morgan fingerprint density at radius 1 is 1.35 bits per heavy atom. The molecule has 0 bridgehead atoms. The summed E-state index contributed by atoms with van der Waals surface area (Å²) in [6.45, 7) is 4.05. The van der Waals surface area contributed by atoms with Crippen molar-refractivity contribution >= 4 is 5.91 Å². The lowest BCUT2D eigenvalue weighted by Gasteiger charge is -2.38. The van der Waals surface area contributed by atoms with Crippen LogP contribution in [0.1, 0.15) is 51.9 Å². The molecule has 3 nitrogen and oxygen atoms in total. The predicted molar refractivity (Wildman–Crippen MR) is 67.6 cm³/mol. The second-order valence-corrected chi connectivity index (χ2v) is 5.78. The van der Waals surface area contributed by atoms with Crippen molar-refractivity contribution in [2.24, 2.45) is 11.3 Å². The van der Waals surface area contributed by atoms with E-state index in [0.29, 0.717) is 11.8 Å². The smallest absolute Gasteiger partial charge is 0.228 e. The quantitative estimate of drug-likeness (QED) is 0.820. The number of aliphatic hydroxyl groups is 1. The molecule has 1 unspecified atom stereocenters. The second-order valence-electron chi connectivity index (χ2n) is 5.78. The first kappa shape index (κ1) is 12.9. The van der Waals surface area contributed by atoms with Crippen LogP contribution in [0.2, 0.25) is 0 Å². The number of amides is 1. The van der Waals surface area contributed by atoms with Gasteiger partial charge in [-0.15, -0.1) is 0 Å². The Kier molecular flexibility index (Phi) is 4.08. The third-order valence-electron chi connectivity index (χ3n) is 4.76. The average molecular weight is 239 g/mol. The molecule has 1 heterocycles. The van der Waals surface area contributed by atoms with Crippen LogP contribution in [-0.4, -0.2) is 35.6 Å². The highest BCUT2D eigenvalue weighted by molar-refractivity contribution is 5.83. The molecule has 0 spiro atoms. The molecule has 1 atom stereocenters. The number of likely N-dealkylation sites (tertiary alicyclic amines) is 1. The topological polar surface area (TPSA) is 40.5 Å². The second kappa shape index (κ2) is 5.38. The summed E-state index contributed by atoms with van der Waals surface area (Å²) in [5.41, 5.74) is -0.0582. The molecule has 1 aliphatic heterocycles. The van der Waals surface area contributed by atoms with Crippen molar-refractivity contribution in [1.82, 2.24) is 4.90 Å². The van der Waals surface area contributed by atoms with Crippen LogP contribution in [0.5, 0.6) is 0 Å². The largest absolute Gasteiger partial charge is 0.396 e. The lowest BCUT2D eigenvalue weighted by Crippen LogP contribution is -2.47. The molecule has 1 saturated carbocycles. The van der Waals surface area contributed by atoms with Gasteiger partial charge in [0.05, 0.1) is 0 Å². The molecule has 1 aliphatic carbocycles. The Balaban J connectivity index is 2.03. The number of rotatable bonds is 3. The molecule has 1 saturated heterocycles. The van der Waals surface area contributed by atoms with Crippen LogP contribution in [0.25, 0.3) is 0 Å². The van der Waals surface area contributed by atoms with Gasteiger partial charge in [-0.05, 0) is 38.0 Å². The van der Waals surface area contributed by atoms with Gasteiger partial charge in [0.25, 0.3) is 0 Å². The maximum absolute atomic E-state index is 12.7. The summed E-state index contributed by atoms with van der Waals surface area (Å²) in [6.07, 6.45) is 7.65. The van der Waals surface area contributed by atoms with Gasteiger partial charge < -0.3 is 10.0 Å². The molecular formula is C14H25NO2. The molecule has 0 aromatic rings. The fourth-order valence-electron chi connectivity index (χ4n) is 3.50. The number of piperidine rings is 1. The standard InChI is InChI=1S/C14H25NO2/c1-2-14(7-3-4-8-14)13(17)15-9-5-6-12(10-15)11-16/h12,16H,2-11H2,1H3. The third kappa shape index (κ3) is 2.49. The van der Waals surface area contributed by atoms with Gasteiger partial charge in [0.15, 0.2) is 0 Å². The van der Waals surface area contributed by atoms with Crippen LogP contribution < -0.4 is 0 Å². The summed E-state index contributed by atoms with van der Waals surface area (Å²) in [7, 11) is 0. The Bertz CT molecular complexity index is 271. The van der Waals surface area contributed by atoms with Crippen molar-refractivity contribution < 1.29 is 9.90 Å².